The SMILES string of the molecule is NC(=O)N1CC(n2cnc3cc(OCCBr)cc(C(F)(F)F)c32)C1. The number of urea groups is 1. The van der Waals surface area contributed by atoms with E-state index in [1.54, 1.807) is 0 Å². The third kappa shape index (κ3) is 3.02. The lowest BCUT2D eigenvalue weighted by Crippen LogP contribution is -2.52. The molecule has 1 aromatic carbocycles. The van der Waals surface area contributed by atoms with E-state index < -0.39 is 17.8 Å². The standard InChI is InChI=1S/C14H14BrF3N4O2/c15-1-2-24-9-3-10(14(16,17)18)12-11(4-9)20-7-22(12)8-5-21(6-8)13(19)23/h3-4,7-8H,1-2,5-6H2,(H2,19,23). The number of rotatable bonds is 4. The Morgan fingerprint density at radius 1 is 1.42 bits per heavy atom. The van der Waals surface area contributed by atoms with Gasteiger partial charge in [0.15, 0.2) is 0 Å². The van der Waals surface area contributed by atoms with Gasteiger partial charge >= 0.3 is 12.2 Å². The number of nitrogens with zero attached hydrogens (tertiary/aromatic N) is 3. The minimum atomic E-state index is -4.54. The lowest BCUT2D eigenvalue weighted by atomic mass is 10.1. The Kier molecular flexibility index (Phi) is 4.33. The van der Waals surface area contributed by atoms with E-state index in [1.165, 1.54) is 21.9 Å². The molecule has 0 bridgehead atoms. The van der Waals surface area contributed by atoms with Crippen LogP contribution in [-0.2, 0) is 6.18 Å². The average molecular weight is 407 g/mol. The fourth-order valence-corrected chi connectivity index (χ4v) is 2.85. The van der Waals surface area contributed by atoms with Gasteiger partial charge in [0.25, 0.3) is 0 Å². The molecule has 2 amide bonds. The normalized spacial score (nSPS) is 15.6. The van der Waals surface area contributed by atoms with Crippen LogP contribution in [0.1, 0.15) is 11.6 Å². The number of benzene rings is 1. The highest BCUT2D eigenvalue weighted by atomic mass is 79.9. The third-order valence-electron chi connectivity index (χ3n) is 3.86. The van der Waals surface area contributed by atoms with Crippen LogP contribution in [0.5, 0.6) is 5.75 Å². The molecule has 1 aromatic heterocycles. The first-order valence-electron chi connectivity index (χ1n) is 7.12. The van der Waals surface area contributed by atoms with E-state index in [1.807, 2.05) is 0 Å². The van der Waals surface area contributed by atoms with Crippen molar-refractivity contribution in [2.45, 2.75) is 12.2 Å². The molecule has 1 aliphatic heterocycles. The quantitative estimate of drug-likeness (QED) is 0.793. The van der Waals surface area contributed by atoms with Gasteiger partial charge in [0.1, 0.15) is 5.75 Å². The number of fused-ring (bicyclic) bond motifs is 1. The zero-order valence-electron chi connectivity index (χ0n) is 12.4. The highest BCUT2D eigenvalue weighted by molar-refractivity contribution is 9.09. The van der Waals surface area contributed by atoms with Gasteiger partial charge in [-0.2, -0.15) is 13.2 Å². The number of primary amides is 1. The highest BCUT2D eigenvalue weighted by Gasteiger charge is 2.38. The Bertz CT molecular complexity index is 771. The van der Waals surface area contributed by atoms with Gasteiger partial charge in [0.05, 0.1) is 35.6 Å². The van der Waals surface area contributed by atoms with Crippen LogP contribution in [0.25, 0.3) is 11.0 Å². The number of carbonyl (C=O) groups excluding carboxylic acids is 1. The molecular weight excluding hydrogens is 393 g/mol. The summed E-state index contributed by atoms with van der Waals surface area (Å²) >= 11 is 3.16. The topological polar surface area (TPSA) is 73.4 Å². The lowest BCUT2D eigenvalue weighted by Gasteiger charge is -2.39. The van der Waals surface area contributed by atoms with Gasteiger partial charge in [-0.1, -0.05) is 15.9 Å². The van der Waals surface area contributed by atoms with Gasteiger partial charge in [-0.3, -0.25) is 0 Å². The maximum atomic E-state index is 13.5. The van der Waals surface area contributed by atoms with Crippen molar-refractivity contribution in [1.29, 1.82) is 0 Å². The van der Waals surface area contributed by atoms with Gasteiger partial charge < -0.3 is 19.9 Å². The fraction of sp³-hybridized carbons (Fsp3) is 0.429. The van der Waals surface area contributed by atoms with E-state index in [4.69, 9.17) is 10.5 Å². The summed E-state index contributed by atoms with van der Waals surface area (Å²) in [5, 5.41) is 0.506. The largest absolute Gasteiger partial charge is 0.493 e. The van der Waals surface area contributed by atoms with Gasteiger partial charge in [0, 0.05) is 24.5 Å². The first-order valence-corrected chi connectivity index (χ1v) is 8.24. The monoisotopic (exact) mass is 406 g/mol. The van der Waals surface area contributed by atoms with Crippen LogP contribution in [0.3, 0.4) is 0 Å². The molecule has 6 nitrogen and oxygen atoms in total. The summed E-state index contributed by atoms with van der Waals surface area (Å²) in [5.41, 5.74) is 4.54. The summed E-state index contributed by atoms with van der Waals surface area (Å²) in [6, 6.07) is 1.59. The van der Waals surface area contributed by atoms with Gasteiger partial charge in [-0.25, -0.2) is 9.78 Å². The summed E-state index contributed by atoms with van der Waals surface area (Å²) in [5.74, 6) is 0.117. The number of imidazole rings is 1. The third-order valence-corrected chi connectivity index (χ3v) is 4.19. The Labute approximate surface area is 143 Å². The Morgan fingerprint density at radius 2 is 2.12 bits per heavy atom. The Morgan fingerprint density at radius 3 is 2.71 bits per heavy atom. The zero-order chi connectivity index (χ0) is 17.5. The molecule has 24 heavy (non-hydrogen) atoms. The molecule has 1 aliphatic rings. The van der Waals surface area contributed by atoms with Crippen molar-refractivity contribution < 1.29 is 22.7 Å². The smallest absolute Gasteiger partial charge is 0.418 e. The number of likely N-dealkylation sites (tertiary alicyclic amines) is 1. The second kappa shape index (κ2) is 6.15. The van der Waals surface area contributed by atoms with Crippen molar-refractivity contribution >= 4 is 33.0 Å². The van der Waals surface area contributed by atoms with E-state index >= 15 is 0 Å². The molecule has 2 aromatic rings. The minimum absolute atomic E-state index is 0.0113. The van der Waals surface area contributed by atoms with Crippen LogP contribution in [0.4, 0.5) is 18.0 Å². The molecule has 2 N–H and O–H groups in total. The second-order valence-electron chi connectivity index (χ2n) is 5.42. The molecule has 3 rings (SSSR count). The minimum Gasteiger partial charge on any atom is -0.493 e. The van der Waals surface area contributed by atoms with Crippen LogP contribution in [0, 0.1) is 0 Å². The van der Waals surface area contributed by atoms with Crippen molar-refractivity contribution in [3.63, 3.8) is 0 Å². The van der Waals surface area contributed by atoms with E-state index in [2.05, 4.69) is 20.9 Å². The first kappa shape index (κ1) is 16.9. The van der Waals surface area contributed by atoms with Crippen LogP contribution in [0.2, 0.25) is 0 Å². The molecular formula is C14H14BrF3N4O2. The first-order chi connectivity index (χ1) is 11.3. The van der Waals surface area contributed by atoms with Crippen molar-refractivity contribution in [3.8, 4) is 5.75 Å². The van der Waals surface area contributed by atoms with Crippen LogP contribution in [0.15, 0.2) is 18.5 Å². The number of hydrogen-bond donors (Lipinski definition) is 1. The summed E-state index contributed by atoms with van der Waals surface area (Å²) < 4.78 is 47.2. The highest BCUT2D eigenvalue weighted by Crippen LogP contribution is 2.39. The number of carbonyl (C=O) groups is 1. The van der Waals surface area contributed by atoms with Crippen molar-refractivity contribution in [1.82, 2.24) is 14.5 Å². The van der Waals surface area contributed by atoms with E-state index in [9.17, 15) is 18.0 Å². The maximum Gasteiger partial charge on any atom is 0.418 e. The number of halogens is 4. The van der Waals surface area contributed by atoms with E-state index in [-0.39, 0.29) is 42.5 Å². The van der Waals surface area contributed by atoms with Crippen molar-refractivity contribution in [3.05, 3.63) is 24.0 Å². The summed E-state index contributed by atoms with van der Waals surface area (Å²) in [6.45, 7) is 0.777. The molecule has 0 aliphatic carbocycles. The number of alkyl halides is 4. The lowest BCUT2D eigenvalue weighted by molar-refractivity contribution is -0.136. The summed E-state index contributed by atoms with van der Waals surface area (Å²) in [4.78, 5) is 16.5. The van der Waals surface area contributed by atoms with Crippen LogP contribution < -0.4 is 10.5 Å². The molecule has 0 atom stereocenters. The van der Waals surface area contributed by atoms with Crippen LogP contribution in [-0.4, -0.2) is 45.5 Å². The molecule has 0 saturated carbocycles. The average Bonchev–Trinajstić information content (AvgIpc) is 2.85. The molecule has 1 saturated heterocycles. The fourth-order valence-electron chi connectivity index (χ4n) is 2.69. The predicted molar refractivity (Wildman–Crippen MR) is 84.2 cm³/mol. The molecule has 0 radical (unpaired) electrons. The molecule has 2 heterocycles. The molecule has 10 heteroatoms. The molecule has 130 valence electrons. The molecule has 0 unspecified atom stereocenters. The predicted octanol–water partition coefficient (Wildman–Crippen LogP) is 2.76. The van der Waals surface area contributed by atoms with Crippen molar-refractivity contribution in [2.75, 3.05) is 25.0 Å². The van der Waals surface area contributed by atoms with E-state index in [0.717, 1.165) is 6.07 Å². The summed E-state index contributed by atoms with van der Waals surface area (Å²) in [7, 11) is 0. The van der Waals surface area contributed by atoms with Gasteiger partial charge in [-0.05, 0) is 6.07 Å². The Hall–Kier alpha value is -1.97. The molecule has 0 spiro atoms. The number of ether oxygens (including phenoxy) is 1. The van der Waals surface area contributed by atoms with Crippen molar-refractivity contribution in [2.24, 2.45) is 5.73 Å². The summed E-state index contributed by atoms with van der Waals surface area (Å²) in [6.07, 6.45) is -3.19. The van der Waals surface area contributed by atoms with Crippen LogP contribution >= 0.6 is 15.9 Å². The second-order valence-corrected chi connectivity index (χ2v) is 6.22. The van der Waals surface area contributed by atoms with E-state index in [0.29, 0.717) is 5.33 Å². The zero-order valence-corrected chi connectivity index (χ0v) is 14.0. The number of amides is 2. The maximum absolute atomic E-state index is 13.5. The number of aromatic nitrogens is 2. The Balaban J connectivity index is 2.02. The van der Waals surface area contributed by atoms with Gasteiger partial charge in [0.2, 0.25) is 0 Å². The van der Waals surface area contributed by atoms with Gasteiger partial charge in [-0.15, -0.1) is 0 Å². The number of hydrogen-bond acceptors (Lipinski definition) is 3. The number of nitrogens with two attached hydrogens (primary N) is 1. The molecule has 1 fully saturated rings.